The number of ketones is 1. The van der Waals surface area contributed by atoms with Crippen LogP contribution in [-0.2, 0) is 4.79 Å². The van der Waals surface area contributed by atoms with Crippen LogP contribution in [-0.4, -0.2) is 53.0 Å². The lowest BCUT2D eigenvalue weighted by molar-refractivity contribution is -0.165. The Labute approximate surface area is 113 Å². The number of alkyl halides is 3. The average molecular weight is 286 g/mol. The van der Waals surface area contributed by atoms with Crippen LogP contribution in [0.25, 0.3) is 0 Å². The molecule has 1 aliphatic rings. The van der Waals surface area contributed by atoms with E-state index in [1.807, 2.05) is 4.90 Å². The smallest absolute Gasteiger partial charge is 0.374 e. The van der Waals surface area contributed by atoms with Crippen LogP contribution in [0.2, 0.25) is 0 Å². The van der Waals surface area contributed by atoms with Crippen LogP contribution < -0.4 is 4.90 Å². The third-order valence-corrected chi connectivity index (χ3v) is 2.87. The van der Waals surface area contributed by atoms with Gasteiger partial charge >= 0.3 is 6.18 Å². The number of aromatic nitrogens is 2. The molecular weight excluding hydrogens is 273 g/mol. The fourth-order valence-corrected chi connectivity index (χ4v) is 1.79. The molecule has 0 radical (unpaired) electrons. The normalized spacial score (nSPS) is 16.8. The second-order valence-corrected chi connectivity index (χ2v) is 4.25. The Balaban J connectivity index is 1.86. The molecule has 1 fully saturated rings. The summed E-state index contributed by atoms with van der Waals surface area (Å²) in [6.07, 6.45) is 0.219. The minimum Gasteiger partial charge on any atom is -0.374 e. The molecule has 0 aliphatic carbocycles. The van der Waals surface area contributed by atoms with Crippen molar-refractivity contribution < 1.29 is 18.0 Å². The number of anilines is 1. The molecule has 0 saturated carbocycles. The lowest BCUT2D eigenvalue weighted by atomic mass is 10.3. The van der Waals surface area contributed by atoms with E-state index in [0.29, 0.717) is 38.2 Å². The Morgan fingerprint density at radius 1 is 1.15 bits per heavy atom. The van der Waals surface area contributed by atoms with Crippen LogP contribution in [0.4, 0.5) is 19.1 Å². The lowest BCUT2D eigenvalue weighted by Gasteiger charge is -2.33. The van der Waals surface area contributed by atoms with Crippen molar-refractivity contribution in [3.8, 4) is 0 Å². The fourth-order valence-electron chi connectivity index (χ4n) is 1.79. The van der Waals surface area contributed by atoms with Gasteiger partial charge in [0.05, 0.1) is 0 Å². The summed E-state index contributed by atoms with van der Waals surface area (Å²) in [5.74, 6) is -1.24. The molecule has 0 N–H and O–H groups in total. The molecular formula is C12H13F3N4O. The maximum atomic E-state index is 12.0. The minimum atomic E-state index is -4.81. The molecule has 0 amide bonds. The Morgan fingerprint density at radius 3 is 2.30 bits per heavy atom. The molecule has 0 unspecified atom stereocenters. The van der Waals surface area contributed by atoms with Crippen LogP contribution in [0.1, 0.15) is 0 Å². The van der Waals surface area contributed by atoms with Gasteiger partial charge in [-0.1, -0.05) is 0 Å². The Hall–Kier alpha value is -2.12. The van der Waals surface area contributed by atoms with E-state index < -0.39 is 12.0 Å². The zero-order valence-electron chi connectivity index (χ0n) is 10.5. The maximum Gasteiger partial charge on any atom is 0.454 e. The Bertz CT molecular complexity index is 481. The van der Waals surface area contributed by atoms with E-state index in [2.05, 4.69) is 9.97 Å². The molecule has 8 heteroatoms. The second-order valence-electron chi connectivity index (χ2n) is 4.25. The van der Waals surface area contributed by atoms with Crippen LogP contribution in [0.15, 0.2) is 30.7 Å². The number of hydrogen-bond acceptors (Lipinski definition) is 5. The van der Waals surface area contributed by atoms with Gasteiger partial charge in [0.1, 0.15) is 0 Å². The van der Waals surface area contributed by atoms with Gasteiger partial charge < -0.3 is 9.80 Å². The summed E-state index contributed by atoms with van der Waals surface area (Å²) in [6, 6.07) is 1.71. The van der Waals surface area contributed by atoms with E-state index in [1.165, 1.54) is 6.20 Å². The predicted molar refractivity (Wildman–Crippen MR) is 66.0 cm³/mol. The van der Waals surface area contributed by atoms with Gasteiger partial charge in [0.25, 0.3) is 5.78 Å². The largest absolute Gasteiger partial charge is 0.454 e. The molecule has 2 heterocycles. The number of halogens is 3. The summed E-state index contributed by atoms with van der Waals surface area (Å²) in [6.45, 7) is 2.21. The number of carbonyl (C=O) groups excluding carboxylic acids is 1. The minimum absolute atomic E-state index is 0.514. The van der Waals surface area contributed by atoms with E-state index in [0.717, 1.165) is 0 Å². The van der Waals surface area contributed by atoms with E-state index in [9.17, 15) is 18.0 Å². The molecule has 108 valence electrons. The first kappa shape index (κ1) is 14.3. The summed E-state index contributed by atoms with van der Waals surface area (Å²) in [5, 5.41) is 0. The van der Waals surface area contributed by atoms with Gasteiger partial charge in [-0.15, -0.1) is 0 Å². The monoisotopic (exact) mass is 286 g/mol. The van der Waals surface area contributed by atoms with E-state index in [1.54, 1.807) is 23.4 Å². The summed E-state index contributed by atoms with van der Waals surface area (Å²) in [4.78, 5) is 22.6. The first-order chi connectivity index (χ1) is 9.47. The molecule has 0 atom stereocenters. The van der Waals surface area contributed by atoms with E-state index in [4.69, 9.17) is 0 Å². The first-order valence-electron chi connectivity index (χ1n) is 6.02. The molecule has 0 aromatic carbocycles. The van der Waals surface area contributed by atoms with Crippen molar-refractivity contribution in [2.45, 2.75) is 6.18 Å². The van der Waals surface area contributed by atoms with Crippen molar-refractivity contribution in [3.63, 3.8) is 0 Å². The van der Waals surface area contributed by atoms with Crippen molar-refractivity contribution >= 4 is 11.7 Å². The van der Waals surface area contributed by atoms with Gasteiger partial charge in [0.15, 0.2) is 0 Å². The second kappa shape index (κ2) is 5.89. The Morgan fingerprint density at radius 2 is 1.75 bits per heavy atom. The SMILES string of the molecule is O=C(C=CN1CCN(c2ncccn2)CC1)C(F)(F)F. The third kappa shape index (κ3) is 3.69. The molecule has 5 nitrogen and oxygen atoms in total. The predicted octanol–water partition coefficient (Wildman–Crippen LogP) is 1.24. The van der Waals surface area contributed by atoms with E-state index in [-0.39, 0.29) is 0 Å². The molecule has 0 bridgehead atoms. The Kier molecular flexibility index (Phi) is 4.21. The summed E-state index contributed by atoms with van der Waals surface area (Å²) < 4.78 is 36.1. The third-order valence-electron chi connectivity index (χ3n) is 2.87. The van der Waals surface area contributed by atoms with E-state index >= 15 is 0 Å². The van der Waals surface area contributed by atoms with Crippen molar-refractivity contribution in [3.05, 3.63) is 30.7 Å². The number of piperazine rings is 1. The number of rotatable bonds is 3. The summed E-state index contributed by atoms with van der Waals surface area (Å²) >= 11 is 0. The molecule has 1 saturated heterocycles. The quantitative estimate of drug-likeness (QED) is 0.783. The zero-order valence-corrected chi connectivity index (χ0v) is 10.5. The van der Waals surface area contributed by atoms with Gasteiger partial charge in [-0.3, -0.25) is 4.79 Å². The van der Waals surface area contributed by atoms with Gasteiger partial charge in [-0.05, 0) is 6.07 Å². The van der Waals surface area contributed by atoms with Crippen molar-refractivity contribution in [2.24, 2.45) is 0 Å². The number of allylic oxidation sites excluding steroid dienone is 1. The summed E-state index contributed by atoms with van der Waals surface area (Å²) in [7, 11) is 0. The van der Waals surface area contributed by atoms with Crippen LogP contribution in [0, 0.1) is 0 Å². The molecule has 1 aromatic heterocycles. The fraction of sp³-hybridized carbons (Fsp3) is 0.417. The van der Waals surface area contributed by atoms with Crippen molar-refractivity contribution in [1.29, 1.82) is 0 Å². The summed E-state index contributed by atoms with van der Waals surface area (Å²) in [5.41, 5.74) is 0. The highest BCUT2D eigenvalue weighted by molar-refractivity contribution is 5.94. The van der Waals surface area contributed by atoms with Crippen molar-refractivity contribution in [1.82, 2.24) is 14.9 Å². The van der Waals surface area contributed by atoms with Gasteiger partial charge in [0.2, 0.25) is 5.95 Å². The first-order valence-corrected chi connectivity index (χ1v) is 6.02. The standard InChI is InChI=1S/C12H13F3N4O/c13-12(14,15)10(20)2-5-18-6-8-19(9-7-18)11-16-3-1-4-17-11/h1-5H,6-9H2. The van der Waals surface area contributed by atoms with Crippen LogP contribution >= 0.6 is 0 Å². The maximum absolute atomic E-state index is 12.0. The lowest BCUT2D eigenvalue weighted by Crippen LogP contribution is -2.44. The topological polar surface area (TPSA) is 49.3 Å². The molecule has 20 heavy (non-hydrogen) atoms. The zero-order chi connectivity index (χ0) is 14.6. The number of hydrogen-bond donors (Lipinski definition) is 0. The van der Waals surface area contributed by atoms with Crippen LogP contribution in [0.3, 0.4) is 0 Å². The van der Waals surface area contributed by atoms with Crippen molar-refractivity contribution in [2.75, 3.05) is 31.1 Å². The molecule has 1 aromatic rings. The number of nitrogens with zero attached hydrogens (tertiary/aromatic N) is 4. The van der Waals surface area contributed by atoms with Gasteiger partial charge in [-0.2, -0.15) is 13.2 Å². The molecule has 0 spiro atoms. The average Bonchev–Trinajstić information content (AvgIpc) is 2.45. The molecule has 2 rings (SSSR count). The highest BCUT2D eigenvalue weighted by atomic mass is 19.4. The van der Waals surface area contributed by atoms with Crippen LogP contribution in [0.5, 0.6) is 0 Å². The van der Waals surface area contributed by atoms with Gasteiger partial charge in [-0.25, -0.2) is 9.97 Å². The highest BCUT2D eigenvalue weighted by Gasteiger charge is 2.36. The van der Waals surface area contributed by atoms with Gasteiger partial charge in [0, 0.05) is 50.8 Å². The number of carbonyl (C=O) groups is 1. The highest BCUT2D eigenvalue weighted by Crippen LogP contribution is 2.17. The molecule has 1 aliphatic heterocycles.